The number of piperidine rings is 1. The molecule has 1 heterocycles. The van der Waals surface area contributed by atoms with E-state index in [1.54, 1.807) is 0 Å². The summed E-state index contributed by atoms with van der Waals surface area (Å²) in [4.78, 5) is 2.27. The van der Waals surface area contributed by atoms with Crippen molar-refractivity contribution in [3.05, 3.63) is 0 Å². The van der Waals surface area contributed by atoms with Gasteiger partial charge in [0.2, 0.25) is 0 Å². The molecule has 0 radical (unpaired) electrons. The van der Waals surface area contributed by atoms with Gasteiger partial charge in [0.25, 0.3) is 0 Å². The van der Waals surface area contributed by atoms with Crippen LogP contribution in [0.2, 0.25) is 0 Å². The third-order valence-electron chi connectivity index (χ3n) is 2.37. The number of likely N-dealkylation sites (tertiary alicyclic amines) is 1. The second kappa shape index (κ2) is 4.08. The molecule has 0 bridgehead atoms. The molecule has 70 valence electrons. The lowest BCUT2D eigenvalue weighted by Gasteiger charge is -2.36. The Balaban J connectivity index is 2.49. The molecule has 0 unspecified atom stereocenters. The topological polar surface area (TPSA) is 15.3 Å². The summed E-state index contributed by atoms with van der Waals surface area (Å²) in [5, 5.41) is 3.93. The van der Waals surface area contributed by atoms with Gasteiger partial charge < -0.3 is 10.2 Å². The Morgan fingerprint density at radius 1 is 1.33 bits per heavy atom. The van der Waals surface area contributed by atoms with E-state index in [9.17, 15) is 0 Å². The molecule has 0 aromatic rings. The number of nitrogens with one attached hydrogen (secondary N) is 1. The maximum atomic E-state index is 5.20. The first-order chi connectivity index (χ1) is 5.63. The Hall–Kier alpha value is -0.310. The van der Waals surface area contributed by atoms with E-state index in [4.69, 9.17) is 12.2 Å². The Morgan fingerprint density at radius 3 is 2.25 bits per heavy atom. The molecule has 0 aliphatic carbocycles. The lowest BCUT2D eigenvalue weighted by atomic mass is 9.92. The average molecular weight is 186 g/mol. The highest BCUT2D eigenvalue weighted by atomic mass is 32.1. The Bertz CT molecular complexity index is 160. The van der Waals surface area contributed by atoms with E-state index in [-0.39, 0.29) is 0 Å². The summed E-state index contributed by atoms with van der Waals surface area (Å²) in [5.74, 6) is 1.56. The first-order valence-corrected chi connectivity index (χ1v) is 5.01. The molecular formula is C9H18N2S. The van der Waals surface area contributed by atoms with E-state index in [1.165, 1.54) is 6.42 Å². The molecule has 2 nitrogen and oxygen atoms in total. The summed E-state index contributed by atoms with van der Waals surface area (Å²) < 4.78 is 0. The number of rotatable bonds is 0. The monoisotopic (exact) mass is 186 g/mol. The molecule has 1 fully saturated rings. The fraction of sp³-hybridized carbons (Fsp3) is 0.889. The van der Waals surface area contributed by atoms with Gasteiger partial charge in [0, 0.05) is 20.1 Å². The average Bonchev–Trinajstić information content (AvgIpc) is 2.01. The van der Waals surface area contributed by atoms with Gasteiger partial charge in [0.1, 0.15) is 0 Å². The van der Waals surface area contributed by atoms with E-state index >= 15 is 0 Å². The number of nitrogens with zero attached hydrogens (tertiary/aromatic N) is 1. The van der Waals surface area contributed by atoms with E-state index in [1.807, 2.05) is 7.05 Å². The standard InChI is InChI=1S/C9H18N2S/c1-7-4-8(2)6-11(5-7)9(12)10-3/h7-8H,4-6H2,1-3H3,(H,10,12)/t7-,8+. The number of hydrogen-bond donors (Lipinski definition) is 1. The van der Waals surface area contributed by atoms with Crippen LogP contribution in [0.3, 0.4) is 0 Å². The zero-order valence-corrected chi connectivity index (χ0v) is 8.95. The second-order valence-corrected chi connectivity index (χ2v) is 4.29. The van der Waals surface area contributed by atoms with Crippen LogP contribution >= 0.6 is 12.2 Å². The molecule has 0 aromatic heterocycles. The van der Waals surface area contributed by atoms with Gasteiger partial charge in [0.05, 0.1) is 0 Å². The van der Waals surface area contributed by atoms with Crippen LogP contribution in [0.1, 0.15) is 20.3 Å². The summed E-state index contributed by atoms with van der Waals surface area (Å²) in [6.45, 7) is 6.82. The van der Waals surface area contributed by atoms with Crippen LogP contribution in [0.15, 0.2) is 0 Å². The first-order valence-electron chi connectivity index (χ1n) is 4.60. The van der Waals surface area contributed by atoms with Crippen molar-refractivity contribution in [3.8, 4) is 0 Å². The minimum Gasteiger partial charge on any atom is -0.366 e. The van der Waals surface area contributed by atoms with Gasteiger partial charge in [-0.15, -0.1) is 0 Å². The van der Waals surface area contributed by atoms with Crippen LogP contribution in [0.25, 0.3) is 0 Å². The molecular weight excluding hydrogens is 168 g/mol. The highest BCUT2D eigenvalue weighted by Gasteiger charge is 2.22. The highest BCUT2D eigenvalue weighted by molar-refractivity contribution is 7.80. The second-order valence-electron chi connectivity index (χ2n) is 3.91. The molecule has 3 heteroatoms. The predicted molar refractivity (Wildman–Crippen MR) is 56.2 cm³/mol. The lowest BCUT2D eigenvalue weighted by Crippen LogP contribution is -2.46. The SMILES string of the molecule is CNC(=S)N1C[C@H](C)C[C@H](C)C1. The van der Waals surface area contributed by atoms with Crippen molar-refractivity contribution in [1.82, 2.24) is 10.2 Å². The van der Waals surface area contributed by atoms with Crippen molar-refractivity contribution in [2.24, 2.45) is 11.8 Å². The molecule has 1 aliphatic rings. The van der Waals surface area contributed by atoms with Gasteiger partial charge in [0.15, 0.2) is 5.11 Å². The fourth-order valence-corrected chi connectivity index (χ4v) is 2.14. The summed E-state index contributed by atoms with van der Waals surface area (Å²) in [6, 6.07) is 0. The first kappa shape index (κ1) is 9.78. The van der Waals surface area contributed by atoms with Crippen molar-refractivity contribution >= 4 is 17.3 Å². The molecule has 0 saturated carbocycles. The molecule has 1 aliphatic heterocycles. The normalized spacial score (nSPS) is 30.1. The quantitative estimate of drug-likeness (QED) is 0.577. The van der Waals surface area contributed by atoms with Crippen molar-refractivity contribution in [3.63, 3.8) is 0 Å². The highest BCUT2D eigenvalue weighted by Crippen LogP contribution is 2.20. The molecule has 1 rings (SSSR count). The van der Waals surface area contributed by atoms with Gasteiger partial charge in [-0.05, 0) is 30.5 Å². The van der Waals surface area contributed by atoms with Crippen LogP contribution in [-0.2, 0) is 0 Å². The van der Waals surface area contributed by atoms with Crippen LogP contribution in [0.5, 0.6) is 0 Å². The maximum absolute atomic E-state index is 5.20. The van der Waals surface area contributed by atoms with Crippen LogP contribution in [-0.4, -0.2) is 30.1 Å². The van der Waals surface area contributed by atoms with Crippen molar-refractivity contribution in [1.29, 1.82) is 0 Å². The molecule has 0 aromatic carbocycles. The third kappa shape index (κ3) is 2.34. The maximum Gasteiger partial charge on any atom is 0.168 e. The van der Waals surface area contributed by atoms with Crippen molar-refractivity contribution < 1.29 is 0 Å². The molecule has 2 atom stereocenters. The molecule has 1 saturated heterocycles. The Morgan fingerprint density at radius 2 is 1.83 bits per heavy atom. The van der Waals surface area contributed by atoms with Crippen molar-refractivity contribution in [2.75, 3.05) is 20.1 Å². The van der Waals surface area contributed by atoms with Gasteiger partial charge in [-0.2, -0.15) is 0 Å². The molecule has 0 spiro atoms. The third-order valence-corrected chi connectivity index (χ3v) is 2.83. The summed E-state index contributed by atoms with van der Waals surface area (Å²) in [6.07, 6.45) is 1.34. The molecule has 12 heavy (non-hydrogen) atoms. The minimum absolute atomic E-state index is 0.778. The smallest absolute Gasteiger partial charge is 0.168 e. The fourth-order valence-electron chi connectivity index (χ4n) is 1.99. The number of hydrogen-bond acceptors (Lipinski definition) is 1. The summed E-state index contributed by atoms with van der Waals surface area (Å²) >= 11 is 5.20. The zero-order chi connectivity index (χ0) is 9.14. The Labute approximate surface area is 80.3 Å². The van der Waals surface area contributed by atoms with Gasteiger partial charge in [-0.1, -0.05) is 13.8 Å². The number of thiocarbonyl (C=S) groups is 1. The lowest BCUT2D eigenvalue weighted by molar-refractivity contribution is 0.213. The Kier molecular flexibility index (Phi) is 3.32. The van der Waals surface area contributed by atoms with E-state index in [0.29, 0.717) is 0 Å². The van der Waals surface area contributed by atoms with Gasteiger partial charge >= 0.3 is 0 Å². The van der Waals surface area contributed by atoms with E-state index < -0.39 is 0 Å². The molecule has 0 amide bonds. The summed E-state index contributed by atoms with van der Waals surface area (Å²) in [7, 11) is 1.90. The van der Waals surface area contributed by atoms with Crippen molar-refractivity contribution in [2.45, 2.75) is 20.3 Å². The van der Waals surface area contributed by atoms with Crippen LogP contribution in [0.4, 0.5) is 0 Å². The van der Waals surface area contributed by atoms with E-state index in [2.05, 4.69) is 24.1 Å². The van der Waals surface area contributed by atoms with Gasteiger partial charge in [-0.3, -0.25) is 0 Å². The minimum atomic E-state index is 0.778. The van der Waals surface area contributed by atoms with E-state index in [0.717, 1.165) is 30.0 Å². The van der Waals surface area contributed by atoms with Crippen LogP contribution in [0, 0.1) is 11.8 Å². The predicted octanol–water partition coefficient (Wildman–Crippen LogP) is 1.47. The van der Waals surface area contributed by atoms with Crippen LogP contribution < -0.4 is 5.32 Å². The largest absolute Gasteiger partial charge is 0.366 e. The zero-order valence-electron chi connectivity index (χ0n) is 8.13. The summed E-state index contributed by atoms with van der Waals surface area (Å²) in [5.41, 5.74) is 0. The van der Waals surface area contributed by atoms with Gasteiger partial charge in [-0.25, -0.2) is 0 Å². The molecule has 1 N–H and O–H groups in total.